The van der Waals surface area contributed by atoms with Crippen molar-refractivity contribution >= 4 is 11.6 Å². The molecule has 1 aliphatic carbocycles. The van der Waals surface area contributed by atoms with Crippen molar-refractivity contribution < 1.29 is 8.78 Å². The van der Waals surface area contributed by atoms with Gasteiger partial charge in [0.2, 0.25) is 0 Å². The number of alkyl halides is 2. The minimum absolute atomic E-state index is 0.225. The summed E-state index contributed by atoms with van der Waals surface area (Å²) in [4.78, 5) is 7.64. The first kappa shape index (κ1) is 9.73. The molecule has 6 heteroatoms. The quantitative estimate of drug-likeness (QED) is 0.783. The largest absolute Gasteiger partial charge is 0.320 e. The summed E-state index contributed by atoms with van der Waals surface area (Å²) < 4.78 is 25.3. The lowest BCUT2D eigenvalue weighted by atomic mass is 9.72. The highest BCUT2D eigenvalue weighted by Gasteiger charge is 2.56. The van der Waals surface area contributed by atoms with Crippen LogP contribution in [0.4, 0.5) is 8.78 Å². The Bertz CT molecular complexity index is 344. The van der Waals surface area contributed by atoms with Crippen LogP contribution >= 0.6 is 11.6 Å². The first-order valence-electron chi connectivity index (χ1n) is 4.06. The summed E-state index contributed by atoms with van der Waals surface area (Å²) >= 11 is 5.52. The zero-order valence-electron chi connectivity index (χ0n) is 7.17. The van der Waals surface area contributed by atoms with Gasteiger partial charge in [0.25, 0.3) is 5.92 Å². The highest BCUT2D eigenvalue weighted by atomic mass is 35.5. The Morgan fingerprint density at radius 2 is 1.93 bits per heavy atom. The van der Waals surface area contributed by atoms with Crippen molar-refractivity contribution in [1.29, 1.82) is 0 Å². The highest BCUT2D eigenvalue weighted by Crippen LogP contribution is 2.49. The molecule has 0 saturated heterocycles. The predicted molar refractivity (Wildman–Crippen MR) is 47.1 cm³/mol. The number of rotatable bonds is 1. The fourth-order valence-electron chi connectivity index (χ4n) is 1.62. The van der Waals surface area contributed by atoms with E-state index in [1.54, 1.807) is 0 Å². The van der Waals surface area contributed by atoms with Crippen molar-refractivity contribution in [3.63, 3.8) is 0 Å². The zero-order chi connectivity index (χ0) is 10.4. The molecule has 76 valence electrons. The molecule has 0 radical (unpaired) electrons. The van der Waals surface area contributed by atoms with Crippen LogP contribution in [0.25, 0.3) is 0 Å². The summed E-state index contributed by atoms with van der Waals surface area (Å²) in [5.41, 5.74) is 5.05. The molecule has 1 heterocycles. The van der Waals surface area contributed by atoms with Crippen molar-refractivity contribution in [3.8, 4) is 0 Å². The first-order valence-corrected chi connectivity index (χ1v) is 4.44. The summed E-state index contributed by atoms with van der Waals surface area (Å²) in [5, 5.41) is 0.225. The summed E-state index contributed by atoms with van der Waals surface area (Å²) in [5.74, 6) is -2.67. The fraction of sp³-hybridized carbons (Fsp3) is 0.500. The Morgan fingerprint density at radius 1 is 1.29 bits per heavy atom. The van der Waals surface area contributed by atoms with Crippen LogP contribution in [-0.4, -0.2) is 15.9 Å². The second-order valence-corrected chi connectivity index (χ2v) is 3.98. The topological polar surface area (TPSA) is 51.8 Å². The number of hydrogen-bond donors (Lipinski definition) is 1. The maximum absolute atomic E-state index is 12.6. The van der Waals surface area contributed by atoms with E-state index < -0.39 is 11.5 Å². The number of aromatic nitrogens is 2. The molecule has 0 aliphatic heterocycles. The molecule has 1 saturated carbocycles. The Hall–Kier alpha value is -0.810. The number of halogens is 3. The maximum Gasteiger partial charge on any atom is 0.252 e. The molecule has 0 bridgehead atoms. The third kappa shape index (κ3) is 1.57. The Morgan fingerprint density at radius 3 is 2.36 bits per heavy atom. The van der Waals surface area contributed by atoms with Crippen LogP contribution in [0.1, 0.15) is 18.5 Å². The number of nitrogens with zero attached hydrogens (tertiary/aromatic N) is 2. The van der Waals surface area contributed by atoms with Gasteiger partial charge in [-0.3, -0.25) is 4.98 Å². The van der Waals surface area contributed by atoms with Crippen molar-refractivity contribution in [2.45, 2.75) is 24.3 Å². The van der Waals surface area contributed by atoms with Crippen LogP contribution in [-0.2, 0) is 5.54 Å². The predicted octanol–water partition coefficient (Wildman–Crippen LogP) is 1.71. The lowest BCUT2D eigenvalue weighted by molar-refractivity contribution is -0.126. The van der Waals surface area contributed by atoms with Gasteiger partial charge in [-0.25, -0.2) is 13.8 Å². The smallest absolute Gasteiger partial charge is 0.252 e. The minimum atomic E-state index is -2.67. The first-order chi connectivity index (χ1) is 6.41. The normalized spacial score (nSPS) is 22.9. The van der Waals surface area contributed by atoms with E-state index in [0.717, 1.165) is 0 Å². The molecule has 2 N–H and O–H groups in total. The van der Waals surface area contributed by atoms with E-state index in [0.29, 0.717) is 5.69 Å². The molecule has 3 nitrogen and oxygen atoms in total. The summed E-state index contributed by atoms with van der Waals surface area (Å²) in [6, 6.07) is 0. The van der Waals surface area contributed by atoms with Gasteiger partial charge in [0.15, 0.2) is 0 Å². The maximum atomic E-state index is 12.6. The Labute approximate surface area is 84.3 Å². The fourth-order valence-corrected chi connectivity index (χ4v) is 1.72. The number of nitrogens with two attached hydrogens (primary N) is 1. The van der Waals surface area contributed by atoms with Gasteiger partial charge in [0, 0.05) is 12.8 Å². The van der Waals surface area contributed by atoms with E-state index >= 15 is 0 Å². The van der Waals surface area contributed by atoms with Crippen LogP contribution in [0.2, 0.25) is 5.15 Å². The van der Waals surface area contributed by atoms with Crippen molar-refractivity contribution in [2.24, 2.45) is 5.73 Å². The minimum Gasteiger partial charge on any atom is -0.320 e. The Balaban J connectivity index is 2.21. The van der Waals surface area contributed by atoms with Gasteiger partial charge in [0.05, 0.1) is 23.6 Å². The van der Waals surface area contributed by atoms with E-state index in [2.05, 4.69) is 9.97 Å². The van der Waals surface area contributed by atoms with Gasteiger partial charge in [0.1, 0.15) is 5.15 Å². The van der Waals surface area contributed by atoms with Crippen LogP contribution < -0.4 is 5.73 Å². The molecular formula is C8H8ClF2N3. The SMILES string of the molecule is NC1(c2cnc(Cl)cn2)CC(F)(F)C1. The molecule has 1 fully saturated rings. The molecule has 1 aromatic rings. The molecule has 0 amide bonds. The van der Waals surface area contributed by atoms with Crippen LogP contribution in [0.3, 0.4) is 0 Å². The summed E-state index contributed by atoms with van der Waals surface area (Å²) in [6.07, 6.45) is 1.89. The third-order valence-corrected chi connectivity index (χ3v) is 2.47. The lowest BCUT2D eigenvalue weighted by Gasteiger charge is -2.43. The van der Waals surface area contributed by atoms with Crippen molar-refractivity contribution in [1.82, 2.24) is 9.97 Å². The third-order valence-electron chi connectivity index (χ3n) is 2.28. The van der Waals surface area contributed by atoms with Crippen molar-refractivity contribution in [2.75, 3.05) is 0 Å². The van der Waals surface area contributed by atoms with E-state index in [-0.39, 0.29) is 18.0 Å². The molecule has 1 aliphatic rings. The average Bonchev–Trinajstić information content (AvgIpc) is 2.01. The van der Waals surface area contributed by atoms with Gasteiger partial charge in [-0.05, 0) is 0 Å². The molecule has 0 aromatic carbocycles. The second-order valence-electron chi connectivity index (χ2n) is 3.59. The lowest BCUT2D eigenvalue weighted by Crippen LogP contribution is -2.56. The van der Waals surface area contributed by atoms with Crippen LogP contribution in [0.15, 0.2) is 12.4 Å². The summed E-state index contributed by atoms with van der Waals surface area (Å²) in [7, 11) is 0. The van der Waals surface area contributed by atoms with Gasteiger partial charge < -0.3 is 5.73 Å². The highest BCUT2D eigenvalue weighted by molar-refractivity contribution is 6.29. The molecule has 2 rings (SSSR count). The molecule has 0 atom stereocenters. The molecule has 0 spiro atoms. The van der Waals surface area contributed by atoms with Crippen molar-refractivity contribution in [3.05, 3.63) is 23.2 Å². The van der Waals surface area contributed by atoms with Crippen LogP contribution in [0.5, 0.6) is 0 Å². The molecular weight excluding hydrogens is 212 g/mol. The van der Waals surface area contributed by atoms with E-state index in [4.69, 9.17) is 17.3 Å². The molecule has 1 aromatic heterocycles. The molecule has 0 unspecified atom stereocenters. The second kappa shape index (κ2) is 2.84. The van der Waals surface area contributed by atoms with E-state index in [9.17, 15) is 8.78 Å². The average molecular weight is 220 g/mol. The van der Waals surface area contributed by atoms with Crippen LogP contribution in [0, 0.1) is 0 Å². The van der Waals surface area contributed by atoms with E-state index in [1.807, 2.05) is 0 Å². The molecule has 14 heavy (non-hydrogen) atoms. The number of hydrogen-bond acceptors (Lipinski definition) is 3. The zero-order valence-corrected chi connectivity index (χ0v) is 7.93. The standard InChI is InChI=1S/C8H8ClF2N3/c9-6-2-13-5(1-14-6)7(12)3-8(10,11)4-7/h1-2H,3-4,12H2. The van der Waals surface area contributed by atoms with Gasteiger partial charge in [-0.2, -0.15) is 0 Å². The van der Waals surface area contributed by atoms with Gasteiger partial charge in [-0.1, -0.05) is 11.6 Å². The Kier molecular flexibility index (Phi) is 1.97. The van der Waals surface area contributed by atoms with E-state index in [1.165, 1.54) is 12.4 Å². The summed E-state index contributed by atoms with van der Waals surface area (Å²) in [6.45, 7) is 0. The van der Waals surface area contributed by atoms with Gasteiger partial charge in [-0.15, -0.1) is 0 Å². The van der Waals surface area contributed by atoms with Gasteiger partial charge >= 0.3 is 0 Å². The monoisotopic (exact) mass is 219 g/mol.